The Bertz CT molecular complexity index is 529. The van der Waals surface area contributed by atoms with Gasteiger partial charge in [-0.15, -0.1) is 0 Å². The maximum Gasteiger partial charge on any atom is 0.194 e. The van der Waals surface area contributed by atoms with Crippen molar-refractivity contribution in [2.24, 2.45) is 4.99 Å². The molecule has 1 aromatic carbocycles. The Kier molecular flexibility index (Phi) is 5.75. The highest BCUT2D eigenvalue weighted by Gasteiger charge is 2.32. The Morgan fingerprint density at radius 1 is 1.26 bits per heavy atom. The predicted octanol–water partition coefficient (Wildman–Crippen LogP) is 2.30. The second kappa shape index (κ2) is 7.99. The lowest BCUT2D eigenvalue weighted by Crippen LogP contribution is -2.53. The van der Waals surface area contributed by atoms with Crippen molar-refractivity contribution in [3.8, 4) is 0 Å². The lowest BCUT2D eigenvalue weighted by molar-refractivity contribution is -0.0817. The zero-order chi connectivity index (χ0) is 16.1. The van der Waals surface area contributed by atoms with Gasteiger partial charge in [-0.1, -0.05) is 23.7 Å². The number of hydrogen-bond donors (Lipinski definition) is 1. The second-order valence-corrected chi connectivity index (χ2v) is 6.37. The van der Waals surface area contributed by atoms with Crippen molar-refractivity contribution in [2.75, 3.05) is 33.4 Å². The first-order chi connectivity index (χ1) is 11.3. The summed E-state index contributed by atoms with van der Waals surface area (Å²) in [7, 11) is 1.82. The third-order valence-electron chi connectivity index (χ3n) is 4.35. The summed E-state index contributed by atoms with van der Waals surface area (Å²) in [6, 6.07) is 7.86. The van der Waals surface area contributed by atoms with E-state index in [0.29, 0.717) is 6.61 Å². The van der Waals surface area contributed by atoms with Crippen molar-refractivity contribution in [2.45, 2.75) is 31.6 Å². The maximum atomic E-state index is 5.92. The van der Waals surface area contributed by atoms with Crippen LogP contribution in [-0.4, -0.2) is 56.4 Å². The SMILES string of the molecule is CN=C(NCc1ccc(Cl)cc1)N1CCOC(C2CCCO2)C1. The van der Waals surface area contributed by atoms with E-state index in [0.717, 1.165) is 50.1 Å². The molecular formula is C17H24ClN3O2. The van der Waals surface area contributed by atoms with Crippen molar-refractivity contribution < 1.29 is 9.47 Å². The van der Waals surface area contributed by atoms with Crippen LogP contribution in [0.5, 0.6) is 0 Å². The van der Waals surface area contributed by atoms with Crippen LogP contribution >= 0.6 is 11.6 Å². The molecule has 2 aliphatic rings. The zero-order valence-electron chi connectivity index (χ0n) is 13.5. The molecule has 1 N–H and O–H groups in total. The van der Waals surface area contributed by atoms with Gasteiger partial charge in [-0.3, -0.25) is 4.99 Å². The van der Waals surface area contributed by atoms with Crippen molar-refractivity contribution >= 4 is 17.6 Å². The molecule has 0 saturated carbocycles. The summed E-state index contributed by atoms with van der Waals surface area (Å²) >= 11 is 5.92. The summed E-state index contributed by atoms with van der Waals surface area (Å²) in [5.41, 5.74) is 1.18. The number of nitrogens with zero attached hydrogens (tertiary/aromatic N) is 2. The Balaban J connectivity index is 1.55. The summed E-state index contributed by atoms with van der Waals surface area (Å²) in [6.07, 6.45) is 2.59. The fraction of sp³-hybridized carbons (Fsp3) is 0.588. The molecule has 0 aromatic heterocycles. The number of morpholine rings is 1. The van der Waals surface area contributed by atoms with Crippen LogP contribution in [0, 0.1) is 0 Å². The van der Waals surface area contributed by atoms with E-state index in [4.69, 9.17) is 21.1 Å². The van der Waals surface area contributed by atoms with Crippen molar-refractivity contribution in [3.05, 3.63) is 34.9 Å². The van der Waals surface area contributed by atoms with Crippen molar-refractivity contribution in [1.82, 2.24) is 10.2 Å². The smallest absolute Gasteiger partial charge is 0.194 e. The zero-order valence-corrected chi connectivity index (χ0v) is 14.3. The van der Waals surface area contributed by atoms with Crippen molar-refractivity contribution in [1.29, 1.82) is 0 Å². The maximum absolute atomic E-state index is 5.92. The second-order valence-electron chi connectivity index (χ2n) is 5.93. The molecule has 2 saturated heterocycles. The van der Waals surface area contributed by atoms with Crippen LogP contribution in [0.3, 0.4) is 0 Å². The monoisotopic (exact) mass is 337 g/mol. The van der Waals surface area contributed by atoms with E-state index in [9.17, 15) is 0 Å². The molecule has 23 heavy (non-hydrogen) atoms. The van der Waals surface area contributed by atoms with Gasteiger partial charge < -0.3 is 19.7 Å². The summed E-state index contributed by atoms with van der Waals surface area (Å²) < 4.78 is 11.7. The number of benzene rings is 1. The molecule has 0 bridgehead atoms. The van der Waals surface area contributed by atoms with Crippen LogP contribution in [0.1, 0.15) is 18.4 Å². The molecule has 0 radical (unpaired) electrons. The molecule has 2 fully saturated rings. The fourth-order valence-electron chi connectivity index (χ4n) is 3.10. The first kappa shape index (κ1) is 16.6. The largest absolute Gasteiger partial charge is 0.375 e. The van der Waals surface area contributed by atoms with Crippen LogP contribution in [0.25, 0.3) is 0 Å². The summed E-state index contributed by atoms with van der Waals surface area (Å²) in [6.45, 7) is 3.97. The molecule has 0 spiro atoms. The highest BCUT2D eigenvalue weighted by atomic mass is 35.5. The van der Waals surface area contributed by atoms with Gasteiger partial charge in [0.05, 0.1) is 12.7 Å². The first-order valence-corrected chi connectivity index (χ1v) is 8.57. The van der Waals surface area contributed by atoms with Gasteiger partial charge >= 0.3 is 0 Å². The number of nitrogens with one attached hydrogen (secondary N) is 1. The molecule has 2 unspecified atom stereocenters. The molecule has 0 aliphatic carbocycles. The lowest BCUT2D eigenvalue weighted by atomic mass is 10.1. The molecule has 1 aromatic rings. The van der Waals surface area contributed by atoms with Gasteiger partial charge in [0.15, 0.2) is 5.96 Å². The van der Waals surface area contributed by atoms with Crippen LogP contribution in [0.15, 0.2) is 29.3 Å². The quantitative estimate of drug-likeness (QED) is 0.679. The van der Waals surface area contributed by atoms with E-state index >= 15 is 0 Å². The number of ether oxygens (including phenoxy) is 2. The van der Waals surface area contributed by atoms with Crippen LogP contribution in [0.2, 0.25) is 5.02 Å². The average molecular weight is 338 g/mol. The van der Waals surface area contributed by atoms with E-state index in [1.807, 2.05) is 31.3 Å². The van der Waals surface area contributed by atoms with E-state index in [-0.39, 0.29) is 12.2 Å². The number of aliphatic imine (C=N–C) groups is 1. The van der Waals surface area contributed by atoms with Gasteiger partial charge in [0.1, 0.15) is 6.10 Å². The van der Waals surface area contributed by atoms with Crippen LogP contribution < -0.4 is 5.32 Å². The molecule has 3 rings (SSSR count). The normalized spacial score (nSPS) is 25.7. The van der Waals surface area contributed by atoms with Gasteiger partial charge in [-0.25, -0.2) is 0 Å². The van der Waals surface area contributed by atoms with E-state index in [1.165, 1.54) is 5.56 Å². The summed E-state index contributed by atoms with van der Waals surface area (Å²) in [5, 5.41) is 4.18. The van der Waals surface area contributed by atoms with Gasteiger partial charge in [0.25, 0.3) is 0 Å². The minimum absolute atomic E-state index is 0.139. The number of guanidine groups is 1. The molecule has 0 amide bonds. The fourth-order valence-corrected chi connectivity index (χ4v) is 3.23. The molecule has 126 valence electrons. The Morgan fingerprint density at radius 2 is 2.04 bits per heavy atom. The minimum atomic E-state index is 0.139. The summed E-state index contributed by atoms with van der Waals surface area (Å²) in [4.78, 5) is 6.67. The van der Waals surface area contributed by atoms with Gasteiger partial charge in [0.2, 0.25) is 0 Å². The minimum Gasteiger partial charge on any atom is -0.375 e. The van der Waals surface area contributed by atoms with Crippen molar-refractivity contribution in [3.63, 3.8) is 0 Å². The van der Waals surface area contributed by atoms with Gasteiger partial charge in [-0.2, -0.15) is 0 Å². The highest BCUT2D eigenvalue weighted by Crippen LogP contribution is 2.21. The number of hydrogen-bond acceptors (Lipinski definition) is 3. The van der Waals surface area contributed by atoms with Crippen LogP contribution in [0.4, 0.5) is 0 Å². The predicted molar refractivity (Wildman–Crippen MR) is 91.9 cm³/mol. The standard InChI is InChI=1S/C17H24ClN3O2/c1-19-17(20-11-13-4-6-14(18)7-5-13)21-8-10-23-16(12-21)15-3-2-9-22-15/h4-7,15-16H,2-3,8-12H2,1H3,(H,19,20). The Morgan fingerprint density at radius 3 is 2.74 bits per heavy atom. The molecule has 2 atom stereocenters. The Hall–Kier alpha value is -1.30. The third kappa shape index (κ3) is 4.37. The summed E-state index contributed by atoms with van der Waals surface area (Å²) in [5.74, 6) is 0.909. The highest BCUT2D eigenvalue weighted by molar-refractivity contribution is 6.30. The topological polar surface area (TPSA) is 46.1 Å². The Labute approximate surface area is 142 Å². The molecule has 6 heteroatoms. The van der Waals surface area contributed by atoms with Gasteiger partial charge in [0, 0.05) is 38.3 Å². The van der Waals surface area contributed by atoms with Gasteiger partial charge in [-0.05, 0) is 30.5 Å². The average Bonchev–Trinajstić information content (AvgIpc) is 3.12. The van der Waals surface area contributed by atoms with E-state index in [1.54, 1.807) is 0 Å². The number of halogens is 1. The molecule has 5 nitrogen and oxygen atoms in total. The number of rotatable bonds is 3. The molecule has 2 heterocycles. The third-order valence-corrected chi connectivity index (χ3v) is 4.60. The molecule has 2 aliphatic heterocycles. The lowest BCUT2D eigenvalue weighted by Gasteiger charge is -2.37. The van der Waals surface area contributed by atoms with Crippen LogP contribution in [-0.2, 0) is 16.0 Å². The molecular weight excluding hydrogens is 314 g/mol. The van der Waals surface area contributed by atoms with E-state index in [2.05, 4.69) is 15.2 Å². The van der Waals surface area contributed by atoms with E-state index < -0.39 is 0 Å². The first-order valence-electron chi connectivity index (χ1n) is 8.19.